The van der Waals surface area contributed by atoms with Gasteiger partial charge in [-0.25, -0.2) is 0 Å². The number of amides is 1. The van der Waals surface area contributed by atoms with E-state index < -0.39 is 0 Å². The Morgan fingerprint density at radius 1 is 1.39 bits per heavy atom. The molecule has 2 N–H and O–H groups in total. The topological polar surface area (TPSA) is 41.1 Å². The summed E-state index contributed by atoms with van der Waals surface area (Å²) in [6.45, 7) is 7.40. The van der Waals surface area contributed by atoms with Crippen LogP contribution in [0.1, 0.15) is 44.4 Å². The van der Waals surface area contributed by atoms with Crippen molar-refractivity contribution in [1.29, 1.82) is 0 Å². The van der Waals surface area contributed by atoms with Gasteiger partial charge in [0.05, 0.1) is 0 Å². The van der Waals surface area contributed by atoms with Crippen LogP contribution in [-0.4, -0.2) is 12.5 Å². The second-order valence-electron chi connectivity index (χ2n) is 5.33. The minimum atomic E-state index is -0.176. The number of hydrogen-bond donors (Lipinski definition) is 2. The maximum atomic E-state index is 11.9. The summed E-state index contributed by atoms with van der Waals surface area (Å²) in [6.07, 6.45) is 2.09. The lowest BCUT2D eigenvalue weighted by Gasteiger charge is -2.13. The van der Waals surface area contributed by atoms with Crippen molar-refractivity contribution in [2.75, 3.05) is 11.9 Å². The molecule has 2 rings (SSSR count). The molecular formula is C15H22N2O. The van der Waals surface area contributed by atoms with Crippen LogP contribution in [-0.2, 0) is 11.2 Å². The lowest BCUT2D eigenvalue weighted by Crippen LogP contribution is -2.28. The fourth-order valence-electron chi connectivity index (χ4n) is 2.25. The van der Waals surface area contributed by atoms with E-state index in [0.717, 1.165) is 30.6 Å². The lowest BCUT2D eigenvalue weighted by molar-refractivity contribution is -0.117. The molecule has 0 saturated heterocycles. The van der Waals surface area contributed by atoms with E-state index in [-0.39, 0.29) is 11.9 Å². The van der Waals surface area contributed by atoms with Crippen molar-refractivity contribution in [2.24, 2.45) is 5.92 Å². The van der Waals surface area contributed by atoms with Crippen molar-refractivity contribution < 1.29 is 4.79 Å². The highest BCUT2D eigenvalue weighted by atomic mass is 16.2. The molecule has 0 spiro atoms. The van der Waals surface area contributed by atoms with Gasteiger partial charge < -0.3 is 10.6 Å². The summed E-state index contributed by atoms with van der Waals surface area (Å²) in [6, 6.07) is 6.05. The largest absolute Gasteiger partial charge is 0.324 e. The first-order valence-electron chi connectivity index (χ1n) is 6.79. The first-order chi connectivity index (χ1) is 8.61. The molecule has 1 aliphatic rings. The van der Waals surface area contributed by atoms with Crippen molar-refractivity contribution in [3.05, 3.63) is 29.3 Å². The van der Waals surface area contributed by atoms with Crippen LogP contribution in [0.4, 0.5) is 5.69 Å². The van der Waals surface area contributed by atoms with Crippen molar-refractivity contribution in [2.45, 2.75) is 39.7 Å². The minimum absolute atomic E-state index is 0.0713. The Kier molecular flexibility index (Phi) is 4.02. The molecule has 1 heterocycles. The molecule has 1 amide bonds. The number of nitrogens with one attached hydrogen (secondary N) is 2. The van der Waals surface area contributed by atoms with Crippen molar-refractivity contribution in [3.63, 3.8) is 0 Å². The first-order valence-corrected chi connectivity index (χ1v) is 6.79. The SMILES string of the molecule is CCc1ccc2c(c1)C(NCCC(C)C)C(=O)N2. The third-order valence-electron chi connectivity index (χ3n) is 3.43. The second kappa shape index (κ2) is 5.53. The van der Waals surface area contributed by atoms with Crippen LogP contribution in [0, 0.1) is 5.92 Å². The van der Waals surface area contributed by atoms with E-state index in [1.807, 2.05) is 6.07 Å². The van der Waals surface area contributed by atoms with Gasteiger partial charge in [0, 0.05) is 11.3 Å². The summed E-state index contributed by atoms with van der Waals surface area (Å²) in [4.78, 5) is 11.9. The van der Waals surface area contributed by atoms with E-state index in [4.69, 9.17) is 0 Å². The van der Waals surface area contributed by atoms with E-state index in [1.54, 1.807) is 0 Å². The van der Waals surface area contributed by atoms with Crippen LogP contribution in [0.2, 0.25) is 0 Å². The smallest absolute Gasteiger partial charge is 0.246 e. The number of anilines is 1. The molecule has 1 unspecified atom stereocenters. The zero-order valence-electron chi connectivity index (χ0n) is 11.4. The maximum Gasteiger partial charge on any atom is 0.246 e. The molecule has 0 radical (unpaired) electrons. The molecular weight excluding hydrogens is 224 g/mol. The standard InChI is InChI=1S/C15H22N2O/c1-4-11-5-6-13-12(9-11)14(15(18)17-13)16-8-7-10(2)3/h5-6,9-10,14,16H,4,7-8H2,1-3H3,(H,17,18). The Balaban J connectivity index is 2.10. The number of rotatable bonds is 5. The average molecular weight is 246 g/mol. The molecule has 1 atom stereocenters. The summed E-state index contributed by atoms with van der Waals surface area (Å²) in [5.74, 6) is 0.727. The molecule has 1 aliphatic heterocycles. The highest BCUT2D eigenvalue weighted by molar-refractivity contribution is 6.02. The maximum absolute atomic E-state index is 11.9. The Morgan fingerprint density at radius 2 is 2.17 bits per heavy atom. The van der Waals surface area contributed by atoms with E-state index in [1.165, 1.54) is 5.56 Å². The number of carbonyl (C=O) groups excluding carboxylic acids is 1. The van der Waals surface area contributed by atoms with Crippen LogP contribution in [0.3, 0.4) is 0 Å². The molecule has 3 heteroatoms. The molecule has 0 saturated carbocycles. The Hall–Kier alpha value is -1.35. The van der Waals surface area contributed by atoms with Crippen LogP contribution >= 0.6 is 0 Å². The Labute approximate surface area is 109 Å². The molecule has 1 aromatic rings. The second-order valence-corrected chi connectivity index (χ2v) is 5.33. The van der Waals surface area contributed by atoms with Gasteiger partial charge in [-0.1, -0.05) is 32.9 Å². The molecule has 1 aromatic carbocycles. The van der Waals surface area contributed by atoms with Gasteiger partial charge in [0.15, 0.2) is 0 Å². The van der Waals surface area contributed by atoms with Gasteiger partial charge in [-0.15, -0.1) is 0 Å². The number of aryl methyl sites for hydroxylation is 1. The Morgan fingerprint density at radius 3 is 2.83 bits per heavy atom. The summed E-state index contributed by atoms with van der Waals surface area (Å²) >= 11 is 0. The highest BCUT2D eigenvalue weighted by Crippen LogP contribution is 2.31. The molecule has 3 nitrogen and oxygen atoms in total. The monoisotopic (exact) mass is 246 g/mol. The predicted molar refractivity (Wildman–Crippen MR) is 74.6 cm³/mol. The summed E-state index contributed by atoms with van der Waals surface area (Å²) in [5.41, 5.74) is 3.34. The molecule has 18 heavy (non-hydrogen) atoms. The molecule has 0 aromatic heterocycles. The third kappa shape index (κ3) is 2.72. The van der Waals surface area contributed by atoms with Crippen LogP contribution in [0.25, 0.3) is 0 Å². The summed E-state index contributed by atoms with van der Waals surface area (Å²) in [7, 11) is 0. The molecule has 0 aliphatic carbocycles. The first kappa shape index (κ1) is 13.1. The van der Waals surface area contributed by atoms with Crippen LogP contribution in [0.15, 0.2) is 18.2 Å². The summed E-state index contributed by atoms with van der Waals surface area (Å²) in [5, 5.41) is 6.29. The van der Waals surface area contributed by atoms with Gasteiger partial charge in [0.2, 0.25) is 5.91 Å². The molecule has 98 valence electrons. The van der Waals surface area contributed by atoms with E-state index in [9.17, 15) is 4.79 Å². The van der Waals surface area contributed by atoms with E-state index in [2.05, 4.69) is 43.5 Å². The van der Waals surface area contributed by atoms with Crippen LogP contribution < -0.4 is 10.6 Å². The fraction of sp³-hybridized carbons (Fsp3) is 0.533. The highest BCUT2D eigenvalue weighted by Gasteiger charge is 2.29. The number of hydrogen-bond acceptors (Lipinski definition) is 2. The number of carbonyl (C=O) groups is 1. The zero-order chi connectivity index (χ0) is 13.1. The summed E-state index contributed by atoms with van der Waals surface area (Å²) < 4.78 is 0. The Bertz CT molecular complexity index is 440. The normalized spacial score (nSPS) is 18.0. The fourth-order valence-corrected chi connectivity index (χ4v) is 2.25. The van der Waals surface area contributed by atoms with Gasteiger partial charge in [-0.05, 0) is 36.9 Å². The molecule has 0 bridgehead atoms. The predicted octanol–water partition coefficient (Wildman–Crippen LogP) is 2.88. The van der Waals surface area contributed by atoms with Crippen molar-refractivity contribution in [1.82, 2.24) is 5.32 Å². The lowest BCUT2D eigenvalue weighted by atomic mass is 10.0. The van der Waals surface area contributed by atoms with Gasteiger partial charge in [0.1, 0.15) is 6.04 Å². The van der Waals surface area contributed by atoms with Gasteiger partial charge in [0.25, 0.3) is 0 Å². The third-order valence-corrected chi connectivity index (χ3v) is 3.43. The van der Waals surface area contributed by atoms with Crippen LogP contribution in [0.5, 0.6) is 0 Å². The average Bonchev–Trinajstić information content (AvgIpc) is 2.64. The van der Waals surface area contributed by atoms with Crippen molar-refractivity contribution >= 4 is 11.6 Å². The van der Waals surface area contributed by atoms with Gasteiger partial charge in [-0.2, -0.15) is 0 Å². The van der Waals surface area contributed by atoms with Gasteiger partial charge in [-0.3, -0.25) is 4.79 Å². The van der Waals surface area contributed by atoms with Crippen molar-refractivity contribution in [3.8, 4) is 0 Å². The zero-order valence-corrected chi connectivity index (χ0v) is 11.4. The number of fused-ring (bicyclic) bond motifs is 1. The quantitative estimate of drug-likeness (QED) is 0.838. The molecule has 0 fully saturated rings. The van der Waals surface area contributed by atoms with E-state index in [0.29, 0.717) is 5.92 Å². The number of benzene rings is 1. The minimum Gasteiger partial charge on any atom is -0.324 e. The van der Waals surface area contributed by atoms with Gasteiger partial charge >= 0.3 is 0 Å². The van der Waals surface area contributed by atoms with E-state index >= 15 is 0 Å².